The minimum absolute atomic E-state index is 0.0114. The van der Waals surface area contributed by atoms with Gasteiger partial charge < -0.3 is 15.4 Å². The van der Waals surface area contributed by atoms with Gasteiger partial charge >= 0.3 is 0 Å². The number of carbonyl (C=O) groups excluding carboxylic acids is 2. The molecule has 2 atom stereocenters. The van der Waals surface area contributed by atoms with E-state index >= 15 is 0 Å². The van der Waals surface area contributed by atoms with Crippen LogP contribution < -0.4 is 15.4 Å². The summed E-state index contributed by atoms with van der Waals surface area (Å²) < 4.78 is 18.9. The van der Waals surface area contributed by atoms with Crippen molar-refractivity contribution < 1.29 is 18.7 Å². The number of carbonyl (C=O) groups is 2. The van der Waals surface area contributed by atoms with Gasteiger partial charge in [0.25, 0.3) is 5.91 Å². The SMILES string of the molecule is CN1CCC(CNC(=O)C23CC(C2)C(NC(=O)COc2ccc(Cl)c(F)c2)C3)N1C1CCCC1. The third-order valence-corrected chi connectivity index (χ3v) is 8.63. The number of rotatable bonds is 8. The lowest BCUT2D eigenvalue weighted by molar-refractivity contribution is -0.135. The van der Waals surface area contributed by atoms with Gasteiger partial charge in [0.05, 0.1) is 10.4 Å². The molecule has 9 heteroatoms. The fraction of sp³-hybridized carbons (Fsp3) is 0.680. The zero-order chi connectivity index (χ0) is 23.9. The summed E-state index contributed by atoms with van der Waals surface area (Å²) in [7, 11) is 2.16. The minimum atomic E-state index is -0.584. The standard InChI is InChI=1S/C25H34ClFN4O3/c1-30-9-8-18(31(30)17-4-2-3-5-17)14-28-24(33)25-11-16(12-25)22(13-25)29-23(32)15-34-19-6-7-20(26)21(27)10-19/h6-7,10,16-18,22H,2-5,8-9,11-15H2,1H3,(H,28,33)(H,29,32). The van der Waals surface area contributed by atoms with Crippen molar-refractivity contribution in [1.29, 1.82) is 0 Å². The first-order valence-corrected chi connectivity index (χ1v) is 12.9. The van der Waals surface area contributed by atoms with Crippen molar-refractivity contribution >= 4 is 23.4 Å². The summed E-state index contributed by atoms with van der Waals surface area (Å²) in [5.74, 6) is -0.123. The molecule has 4 aliphatic carbocycles. The van der Waals surface area contributed by atoms with Crippen molar-refractivity contribution in [2.45, 2.75) is 69.5 Å². The molecule has 2 amide bonds. The summed E-state index contributed by atoms with van der Waals surface area (Å²) in [6.45, 7) is 1.54. The second-order valence-corrected chi connectivity index (χ2v) is 11.0. The van der Waals surface area contributed by atoms with Gasteiger partial charge in [-0.2, -0.15) is 0 Å². The molecule has 0 aromatic heterocycles. The maximum absolute atomic E-state index is 13.5. The summed E-state index contributed by atoms with van der Waals surface area (Å²) in [5.41, 5.74) is -0.356. The summed E-state index contributed by atoms with van der Waals surface area (Å²) in [4.78, 5) is 25.5. The van der Waals surface area contributed by atoms with E-state index in [1.165, 1.54) is 37.8 Å². The van der Waals surface area contributed by atoms with Crippen molar-refractivity contribution in [2.75, 3.05) is 26.7 Å². The van der Waals surface area contributed by atoms with Crippen LogP contribution in [-0.2, 0) is 9.59 Å². The molecule has 6 rings (SSSR count). The van der Waals surface area contributed by atoms with Crippen LogP contribution >= 0.6 is 11.6 Å². The third-order valence-electron chi connectivity index (χ3n) is 8.33. The highest BCUT2D eigenvalue weighted by atomic mass is 35.5. The molecule has 7 nitrogen and oxygen atoms in total. The number of nitrogens with zero attached hydrogens (tertiary/aromatic N) is 2. The van der Waals surface area contributed by atoms with Gasteiger partial charge in [0.2, 0.25) is 5.91 Å². The van der Waals surface area contributed by atoms with E-state index in [9.17, 15) is 14.0 Å². The zero-order valence-corrected chi connectivity index (χ0v) is 20.5. The van der Waals surface area contributed by atoms with E-state index in [0.29, 0.717) is 31.0 Å². The van der Waals surface area contributed by atoms with Crippen LogP contribution in [0.1, 0.15) is 51.4 Å². The molecule has 1 aromatic rings. The number of fused-ring (bicyclic) bond motifs is 1. The van der Waals surface area contributed by atoms with Gasteiger partial charge in [-0.15, -0.1) is 0 Å². The van der Waals surface area contributed by atoms with Crippen LogP contribution in [0.3, 0.4) is 0 Å². The lowest BCUT2D eigenvalue weighted by Crippen LogP contribution is -2.52. The van der Waals surface area contributed by atoms with E-state index in [1.807, 2.05) is 0 Å². The lowest BCUT2D eigenvalue weighted by atomic mass is 9.69. The fourth-order valence-electron chi connectivity index (χ4n) is 6.60. The normalized spacial score (nSPS) is 31.4. The van der Waals surface area contributed by atoms with E-state index in [0.717, 1.165) is 31.9 Å². The number of ether oxygens (including phenoxy) is 1. The molecule has 0 radical (unpaired) electrons. The van der Waals surface area contributed by atoms with Crippen molar-refractivity contribution in [3.63, 3.8) is 0 Å². The molecule has 4 saturated carbocycles. The molecule has 1 aromatic carbocycles. The van der Waals surface area contributed by atoms with E-state index in [1.54, 1.807) is 0 Å². The molecule has 2 bridgehead atoms. The van der Waals surface area contributed by atoms with Gasteiger partial charge in [-0.25, -0.2) is 14.4 Å². The number of hydrazine groups is 1. The first-order chi connectivity index (χ1) is 16.3. The smallest absolute Gasteiger partial charge is 0.258 e. The van der Waals surface area contributed by atoms with Crippen LogP contribution in [-0.4, -0.2) is 66.7 Å². The number of nitrogens with one attached hydrogen (secondary N) is 2. The first kappa shape index (κ1) is 23.8. The van der Waals surface area contributed by atoms with Crippen molar-refractivity contribution in [3.05, 3.63) is 29.0 Å². The Bertz CT molecular complexity index is 935. The van der Waals surface area contributed by atoms with E-state index in [4.69, 9.17) is 16.3 Å². The Hall–Kier alpha value is -1.90. The third kappa shape index (κ3) is 4.64. The molecule has 1 heterocycles. The predicted molar refractivity (Wildman–Crippen MR) is 127 cm³/mol. The Kier molecular flexibility index (Phi) is 6.75. The molecule has 0 spiro atoms. The highest BCUT2D eigenvalue weighted by Crippen LogP contribution is 2.58. The number of halogens is 2. The number of benzene rings is 1. The van der Waals surface area contributed by atoms with Crippen LogP contribution in [0.5, 0.6) is 5.75 Å². The predicted octanol–water partition coefficient (Wildman–Crippen LogP) is 3.12. The largest absolute Gasteiger partial charge is 0.484 e. The lowest BCUT2D eigenvalue weighted by Gasteiger charge is -2.38. The first-order valence-electron chi connectivity index (χ1n) is 12.5. The Morgan fingerprint density at radius 2 is 1.97 bits per heavy atom. The van der Waals surface area contributed by atoms with Gasteiger partial charge in [-0.3, -0.25) is 9.59 Å². The van der Waals surface area contributed by atoms with Crippen molar-refractivity contribution in [3.8, 4) is 5.75 Å². The van der Waals surface area contributed by atoms with Gasteiger partial charge in [0.1, 0.15) is 11.6 Å². The van der Waals surface area contributed by atoms with Crippen LogP contribution in [0.15, 0.2) is 18.2 Å². The summed E-state index contributed by atoms with van der Waals surface area (Å²) in [6.07, 6.45) is 8.49. The molecule has 5 aliphatic rings. The molecular formula is C25H34ClFN4O3. The average molecular weight is 493 g/mol. The molecule has 186 valence electrons. The molecule has 1 saturated heterocycles. The molecule has 5 fully saturated rings. The van der Waals surface area contributed by atoms with Crippen molar-refractivity contribution in [1.82, 2.24) is 20.7 Å². The van der Waals surface area contributed by atoms with Crippen LogP contribution in [0.2, 0.25) is 5.02 Å². The van der Waals surface area contributed by atoms with Gasteiger partial charge in [-0.1, -0.05) is 24.4 Å². The number of hydrogen-bond donors (Lipinski definition) is 2. The zero-order valence-electron chi connectivity index (χ0n) is 19.7. The number of amides is 2. The topological polar surface area (TPSA) is 73.9 Å². The Morgan fingerprint density at radius 3 is 2.71 bits per heavy atom. The van der Waals surface area contributed by atoms with Crippen LogP contribution in [0, 0.1) is 17.2 Å². The highest BCUT2D eigenvalue weighted by Gasteiger charge is 2.60. The van der Waals surface area contributed by atoms with E-state index < -0.39 is 5.82 Å². The Morgan fingerprint density at radius 1 is 1.21 bits per heavy atom. The second kappa shape index (κ2) is 9.63. The quantitative estimate of drug-likeness (QED) is 0.583. The average Bonchev–Trinajstić information content (AvgIpc) is 3.56. The van der Waals surface area contributed by atoms with E-state index in [2.05, 4.69) is 27.7 Å². The summed E-state index contributed by atoms with van der Waals surface area (Å²) >= 11 is 5.67. The molecule has 2 unspecified atom stereocenters. The molecular weight excluding hydrogens is 459 g/mol. The summed E-state index contributed by atoms with van der Waals surface area (Å²) in [6, 6.07) is 5.05. The van der Waals surface area contributed by atoms with E-state index in [-0.39, 0.29) is 40.7 Å². The molecule has 34 heavy (non-hydrogen) atoms. The maximum atomic E-state index is 13.5. The Balaban J connectivity index is 1.08. The Labute approximate surface area is 205 Å². The van der Waals surface area contributed by atoms with Crippen LogP contribution in [0.25, 0.3) is 0 Å². The monoisotopic (exact) mass is 492 g/mol. The minimum Gasteiger partial charge on any atom is -0.484 e. The molecule has 1 aliphatic heterocycles. The molecule has 2 N–H and O–H groups in total. The summed E-state index contributed by atoms with van der Waals surface area (Å²) in [5, 5.41) is 11.1. The van der Waals surface area contributed by atoms with Gasteiger partial charge in [0, 0.05) is 44.3 Å². The highest BCUT2D eigenvalue weighted by molar-refractivity contribution is 6.30. The van der Waals surface area contributed by atoms with Crippen LogP contribution in [0.4, 0.5) is 4.39 Å². The fourth-order valence-corrected chi connectivity index (χ4v) is 6.71. The maximum Gasteiger partial charge on any atom is 0.258 e. The van der Waals surface area contributed by atoms with Gasteiger partial charge in [0.15, 0.2) is 6.61 Å². The number of hydrogen-bond acceptors (Lipinski definition) is 5. The van der Waals surface area contributed by atoms with Crippen molar-refractivity contribution in [2.24, 2.45) is 11.3 Å². The second-order valence-electron chi connectivity index (χ2n) is 10.5. The van der Waals surface area contributed by atoms with Gasteiger partial charge in [-0.05, 0) is 56.6 Å².